The van der Waals surface area contributed by atoms with Gasteiger partial charge in [-0.3, -0.25) is 9.59 Å². The van der Waals surface area contributed by atoms with Crippen molar-refractivity contribution >= 4 is 67.3 Å². The predicted octanol–water partition coefficient (Wildman–Crippen LogP) is 17.6. The number of Topliss-reactive ketones (excluding diaryl/α,β-unsaturated/α-hetero) is 2. The van der Waals surface area contributed by atoms with Gasteiger partial charge in [0.25, 0.3) is 0 Å². The maximum atomic E-state index is 13.6. The number of rotatable bonds is 12. The number of hydrogen-bond donors (Lipinski definition) is 0. The van der Waals surface area contributed by atoms with Gasteiger partial charge in [-0.2, -0.15) is 9.15 Å². The Hall–Kier alpha value is -5.76. The molecule has 2 aromatic heterocycles. The Morgan fingerprint density at radius 1 is 0.517 bits per heavy atom. The summed E-state index contributed by atoms with van der Waals surface area (Å²) >= 11 is 0. The van der Waals surface area contributed by atoms with E-state index in [2.05, 4.69) is 92.3 Å². The second-order valence-corrected chi connectivity index (χ2v) is 26.6. The van der Waals surface area contributed by atoms with Crippen LogP contribution in [0.15, 0.2) is 144 Å². The van der Waals surface area contributed by atoms with Crippen LogP contribution >= 0.6 is 0 Å². The van der Waals surface area contributed by atoms with Gasteiger partial charge in [0.05, 0.1) is 10.8 Å². The average Bonchev–Trinajstić information content (AvgIpc) is 1.67. The maximum absolute atomic E-state index is 13.6. The molecule has 6 aliphatic carbocycles. The molecule has 1 unspecified atom stereocenters. The Bertz CT molecular complexity index is 3610. The number of nitrogens with zero attached hydrogens (tertiary/aromatic N) is 4. The van der Waals surface area contributed by atoms with E-state index in [1.807, 2.05) is 96.3 Å². The summed E-state index contributed by atoms with van der Waals surface area (Å²) in [6.45, 7) is 13.1. The van der Waals surface area contributed by atoms with Crippen molar-refractivity contribution in [2.45, 2.75) is 180 Å². The third-order valence-electron chi connectivity index (χ3n) is 20.1. The Kier molecular flexibility index (Phi) is 26.6. The van der Waals surface area contributed by atoms with Gasteiger partial charge in [-0.25, -0.2) is 0 Å². The molecule has 8 aliphatic rings. The zero-order valence-corrected chi connectivity index (χ0v) is 57.9. The summed E-state index contributed by atoms with van der Waals surface area (Å²) in [5, 5.41) is 29.0. The normalized spacial score (nSPS) is 20.7. The van der Waals surface area contributed by atoms with Crippen LogP contribution in [-0.4, -0.2) is 54.4 Å². The van der Waals surface area contributed by atoms with Gasteiger partial charge in [0, 0.05) is 130 Å². The Balaban J connectivity index is 0.000000264. The van der Waals surface area contributed by atoms with E-state index in [1.54, 1.807) is 0 Å². The van der Waals surface area contributed by atoms with E-state index in [9.17, 15) is 19.8 Å². The quantitative estimate of drug-likeness (QED) is 0.0528. The zero-order valence-electron chi connectivity index (χ0n) is 55.7. The molecular formula is C79H102Fe2N4O4. The molecule has 1 atom stereocenters. The smallest absolute Gasteiger partial charge is 0.871 e. The number of para-hydroxylation sites is 4. The molecule has 10 heteroatoms. The molecule has 0 saturated heterocycles. The maximum Gasteiger partial charge on any atom is 2.00 e. The van der Waals surface area contributed by atoms with Gasteiger partial charge in [0.2, 0.25) is 11.4 Å². The largest absolute Gasteiger partial charge is 2.00 e. The zero-order chi connectivity index (χ0) is 58.0. The summed E-state index contributed by atoms with van der Waals surface area (Å²) in [4.78, 5) is 27.1. The van der Waals surface area contributed by atoms with E-state index in [-0.39, 0.29) is 97.8 Å². The summed E-state index contributed by atoms with van der Waals surface area (Å²) in [6, 6.07) is 33.1. The van der Waals surface area contributed by atoms with Gasteiger partial charge >= 0.3 is 34.1 Å². The molecule has 4 aromatic carbocycles. The van der Waals surface area contributed by atoms with Crippen LogP contribution in [-0.2, 0) is 68.7 Å². The number of allylic oxidation sites excluding steroid dienone is 6. The molecule has 0 bridgehead atoms. The van der Waals surface area contributed by atoms with Crippen LogP contribution in [0.3, 0.4) is 0 Å². The third kappa shape index (κ3) is 14.8. The van der Waals surface area contributed by atoms with E-state index in [0.29, 0.717) is 34.1 Å². The van der Waals surface area contributed by atoms with E-state index in [4.69, 9.17) is 0 Å². The summed E-state index contributed by atoms with van der Waals surface area (Å²) in [5.74, 6) is 1.50. The number of carbonyl (C=O) groups excluding carboxylic acids is 2. The van der Waals surface area contributed by atoms with Crippen molar-refractivity contribution in [2.24, 2.45) is 31.8 Å². The van der Waals surface area contributed by atoms with Crippen LogP contribution in [0.1, 0.15) is 192 Å². The first-order chi connectivity index (χ1) is 40.2. The average molecular weight is 1280 g/mol. The number of aryl methyl sites for hydroxylation is 2. The van der Waals surface area contributed by atoms with Gasteiger partial charge in [-0.05, 0) is 57.1 Å². The van der Waals surface area contributed by atoms with Crippen molar-refractivity contribution in [2.75, 3.05) is 13.1 Å². The van der Waals surface area contributed by atoms with Crippen LogP contribution < -0.4 is 10.2 Å². The van der Waals surface area contributed by atoms with Crippen LogP contribution in [0, 0.1) is 47.5 Å². The molecule has 89 heavy (non-hydrogen) atoms. The Morgan fingerprint density at radius 3 is 1.35 bits per heavy atom. The van der Waals surface area contributed by atoms with E-state index >= 15 is 0 Å². The fraction of sp³-hybridized carbons (Fsp3) is 0.443. The van der Waals surface area contributed by atoms with E-state index < -0.39 is 0 Å². The van der Waals surface area contributed by atoms with Crippen molar-refractivity contribution in [3.8, 4) is 0 Å². The third-order valence-corrected chi connectivity index (χ3v) is 20.1. The molecule has 4 saturated carbocycles. The molecule has 2 aliphatic heterocycles. The monoisotopic (exact) mass is 1280 g/mol. The summed E-state index contributed by atoms with van der Waals surface area (Å²) in [7, 11) is 3.91. The molecule has 4 heterocycles. The van der Waals surface area contributed by atoms with Crippen molar-refractivity contribution < 1.29 is 63.1 Å². The minimum atomic E-state index is -0.269. The number of aromatic nitrogens is 2. The molecule has 0 radical (unpaired) electrons. The van der Waals surface area contributed by atoms with Gasteiger partial charge < -0.3 is 49.1 Å². The van der Waals surface area contributed by atoms with Gasteiger partial charge in [-0.15, -0.1) is 0 Å². The molecule has 14 rings (SSSR count). The van der Waals surface area contributed by atoms with Crippen molar-refractivity contribution in [1.82, 2.24) is 9.13 Å². The number of hydrogen-bond acceptors (Lipinski definition) is 4. The number of carbonyl (C=O) groups is 2. The fourth-order valence-corrected chi connectivity index (χ4v) is 15.3. The predicted molar refractivity (Wildman–Crippen MR) is 363 cm³/mol. The fourth-order valence-electron chi connectivity index (χ4n) is 15.3. The van der Waals surface area contributed by atoms with Crippen LogP contribution in [0.25, 0.3) is 33.0 Å². The number of fused-ring (bicyclic) bond motifs is 4. The first-order valence-corrected chi connectivity index (χ1v) is 32.1. The molecule has 478 valence electrons. The standard InChI is InChI=1S/C34H38N2O2.C31H32N2O2.2C5H10.4CH3.2Fe/c1-22(2)17-18-36-29-16-10-8-14-27(29)34(3,20-23-11-5-6-12-23)30(36)19-25-32(37)31(33(25)38)26-21-35(4)28-15-9-7-13-24(26)28;1-31(2)24-13-7-9-15-26(24)33(17-16-20-10-4-5-11-20)27(31)18-22-29(34)28(30(22)35)23-19-32(3)25-14-8-6-12-21(23)25;2*1-2-4-5-3-1;;;;;;/h7-10,13-16,19,21-23H,5-6,11-12,17-18,20H2,1-4H3;6-9,12-15,18-20H,4-5,10-11,16-17H2,1-3H3;2*1-5H2;4*1H3;;/q;;;;4*-1;2*+2. The van der Waals surface area contributed by atoms with E-state index in [0.717, 1.165) is 82.6 Å². The first kappa shape index (κ1) is 74.0. The first-order valence-electron chi connectivity index (χ1n) is 32.1. The van der Waals surface area contributed by atoms with Crippen molar-refractivity contribution in [3.05, 3.63) is 196 Å². The Morgan fingerprint density at radius 2 is 0.899 bits per heavy atom. The summed E-state index contributed by atoms with van der Waals surface area (Å²) in [6.07, 6.45) is 36.4. The van der Waals surface area contributed by atoms with Gasteiger partial charge in [0.15, 0.2) is 23.0 Å². The number of benzene rings is 4. The molecule has 6 aromatic rings. The summed E-state index contributed by atoms with van der Waals surface area (Å²) in [5.41, 5.74) is 11.6. The van der Waals surface area contributed by atoms with Gasteiger partial charge in [0.1, 0.15) is 13.1 Å². The second-order valence-electron chi connectivity index (χ2n) is 26.6. The second kappa shape index (κ2) is 32.0. The minimum Gasteiger partial charge on any atom is -0.871 e. The molecule has 4 fully saturated rings. The van der Waals surface area contributed by atoms with Crippen LogP contribution in [0.2, 0.25) is 0 Å². The van der Waals surface area contributed by atoms with E-state index in [1.165, 1.54) is 138 Å². The van der Waals surface area contributed by atoms with Gasteiger partial charge in [-0.1, -0.05) is 214 Å². The molecule has 0 amide bonds. The van der Waals surface area contributed by atoms with Crippen LogP contribution in [0.4, 0.5) is 11.4 Å². The van der Waals surface area contributed by atoms with Crippen molar-refractivity contribution in [3.63, 3.8) is 0 Å². The molecular weight excluding hydrogens is 1180 g/mol. The Labute approximate surface area is 557 Å². The molecule has 0 spiro atoms. The minimum absolute atomic E-state index is 0. The number of ketones is 2. The SMILES string of the molecule is C1CCCC1.C1CCCC1.CC(C)CC[N+]1=C(C=C2C(=O)C(c3cn(C)c4ccccc34)=C2[O-])C(C)(CC2CCCC2)c2ccccc21.Cn1cc(C2=C([O-])C(=CC3=[N+](CCC4CCCC4)c4ccccc4C3(C)C)C2=O)c2ccccc21.[CH3-].[CH3-].[CH3-].[CH3-].[Fe+2].[Fe+2]. The molecule has 0 N–H and O–H groups in total. The van der Waals surface area contributed by atoms with Crippen molar-refractivity contribution in [1.29, 1.82) is 0 Å². The summed E-state index contributed by atoms with van der Waals surface area (Å²) < 4.78 is 8.76. The topological polar surface area (TPSA) is 96.1 Å². The van der Waals surface area contributed by atoms with Crippen LogP contribution in [0.5, 0.6) is 0 Å². The molecule has 8 nitrogen and oxygen atoms in total.